The molecule has 4 N–H and O–H groups in total. The summed E-state index contributed by atoms with van der Waals surface area (Å²) in [4.78, 5) is 24.1. The van der Waals surface area contributed by atoms with E-state index in [2.05, 4.69) is 15.5 Å². The molecule has 0 bridgehead atoms. The lowest BCUT2D eigenvalue weighted by molar-refractivity contribution is -0.127. The van der Waals surface area contributed by atoms with E-state index in [4.69, 9.17) is 18.0 Å². The Labute approximate surface area is 165 Å². The molecule has 7 nitrogen and oxygen atoms in total. The van der Waals surface area contributed by atoms with Crippen molar-refractivity contribution in [3.05, 3.63) is 70.7 Å². The molecule has 0 unspecified atom stereocenters. The largest absolute Gasteiger partial charge is 0.368 e. The number of hydrogen-bond donors (Lipinski definition) is 3. The van der Waals surface area contributed by atoms with E-state index in [1.165, 1.54) is 12.1 Å². The molecular formula is C19H18FN5O2S. The predicted octanol–water partition coefficient (Wildman–Crippen LogP) is 2.48. The van der Waals surface area contributed by atoms with Crippen LogP contribution in [0.3, 0.4) is 0 Å². The molecular weight excluding hydrogens is 381 g/mol. The van der Waals surface area contributed by atoms with Crippen LogP contribution in [-0.2, 0) is 16.1 Å². The molecule has 2 aromatic carbocycles. The van der Waals surface area contributed by atoms with Gasteiger partial charge in [-0.1, -0.05) is 30.3 Å². The molecule has 3 rings (SSSR count). The zero-order chi connectivity index (χ0) is 20.1. The normalized spacial score (nSPS) is 11.8. The first kappa shape index (κ1) is 19.4. The highest BCUT2D eigenvalue weighted by atomic mass is 32.1. The summed E-state index contributed by atoms with van der Waals surface area (Å²) in [5.74, 6) is -0.873. The van der Waals surface area contributed by atoms with Gasteiger partial charge < -0.3 is 11.1 Å². The van der Waals surface area contributed by atoms with Gasteiger partial charge in [-0.05, 0) is 42.0 Å². The van der Waals surface area contributed by atoms with Gasteiger partial charge >= 0.3 is 0 Å². The lowest BCUT2D eigenvalue weighted by Gasteiger charge is -2.16. The van der Waals surface area contributed by atoms with Crippen LogP contribution in [-0.4, -0.2) is 26.6 Å². The molecule has 0 fully saturated rings. The van der Waals surface area contributed by atoms with Gasteiger partial charge in [0.15, 0.2) is 10.6 Å². The molecule has 1 atom stereocenters. The first-order valence-corrected chi connectivity index (χ1v) is 8.91. The van der Waals surface area contributed by atoms with Crippen molar-refractivity contribution in [2.24, 2.45) is 5.73 Å². The highest BCUT2D eigenvalue weighted by Gasteiger charge is 2.20. The molecule has 0 spiro atoms. The Morgan fingerprint density at radius 2 is 1.86 bits per heavy atom. The van der Waals surface area contributed by atoms with Gasteiger partial charge in [0.2, 0.25) is 11.8 Å². The molecule has 0 saturated heterocycles. The molecule has 3 aromatic rings. The number of aromatic nitrogens is 3. The van der Waals surface area contributed by atoms with E-state index in [1.807, 2.05) is 0 Å². The smallest absolute Gasteiger partial charge is 0.244 e. The molecule has 1 aromatic heterocycles. The number of aromatic amines is 1. The second kappa shape index (κ2) is 8.57. The zero-order valence-electron chi connectivity index (χ0n) is 14.8. The molecule has 144 valence electrons. The van der Waals surface area contributed by atoms with E-state index in [0.29, 0.717) is 21.7 Å². The fourth-order valence-electron chi connectivity index (χ4n) is 2.76. The van der Waals surface area contributed by atoms with E-state index in [9.17, 15) is 14.0 Å². The van der Waals surface area contributed by atoms with Gasteiger partial charge in [-0.3, -0.25) is 19.3 Å². The lowest BCUT2D eigenvalue weighted by Crippen LogP contribution is -2.37. The van der Waals surface area contributed by atoms with Crippen LogP contribution in [0.1, 0.15) is 18.0 Å². The number of H-pyrrole nitrogens is 1. The minimum Gasteiger partial charge on any atom is -0.368 e. The van der Waals surface area contributed by atoms with Crippen LogP contribution in [0, 0.1) is 10.6 Å². The maximum Gasteiger partial charge on any atom is 0.244 e. The summed E-state index contributed by atoms with van der Waals surface area (Å²) < 4.78 is 15.1. The number of amides is 2. The number of carbonyl (C=O) groups is 2. The van der Waals surface area contributed by atoms with Crippen molar-refractivity contribution in [3.8, 4) is 11.4 Å². The van der Waals surface area contributed by atoms with Crippen molar-refractivity contribution in [2.75, 3.05) is 0 Å². The van der Waals surface area contributed by atoms with Crippen LogP contribution in [0.2, 0.25) is 0 Å². The van der Waals surface area contributed by atoms with E-state index in [-0.39, 0.29) is 24.7 Å². The molecule has 1 heterocycles. The minimum absolute atomic E-state index is 0.0542. The molecule has 0 aliphatic rings. The van der Waals surface area contributed by atoms with Crippen LogP contribution in [0.5, 0.6) is 0 Å². The molecule has 9 heteroatoms. The average Bonchev–Trinajstić information content (AvgIpc) is 3.06. The summed E-state index contributed by atoms with van der Waals surface area (Å²) in [6.45, 7) is 0.230. The van der Waals surface area contributed by atoms with Gasteiger partial charge in [0.25, 0.3) is 0 Å². The van der Waals surface area contributed by atoms with Gasteiger partial charge in [0, 0.05) is 18.5 Å². The summed E-state index contributed by atoms with van der Waals surface area (Å²) in [5, 5.41) is 9.46. The fraction of sp³-hybridized carbons (Fsp3) is 0.158. The average molecular weight is 399 g/mol. The second-order valence-corrected chi connectivity index (χ2v) is 6.46. The van der Waals surface area contributed by atoms with E-state index in [1.54, 1.807) is 47.0 Å². The van der Waals surface area contributed by atoms with Gasteiger partial charge in [-0.25, -0.2) is 4.39 Å². The van der Waals surface area contributed by atoms with E-state index in [0.717, 1.165) is 0 Å². The third-order valence-electron chi connectivity index (χ3n) is 4.15. The maximum absolute atomic E-state index is 13.1. The van der Waals surface area contributed by atoms with Gasteiger partial charge in [0.05, 0.1) is 0 Å². The van der Waals surface area contributed by atoms with Crippen LogP contribution in [0.25, 0.3) is 11.4 Å². The van der Waals surface area contributed by atoms with Crippen molar-refractivity contribution in [2.45, 2.75) is 19.0 Å². The Morgan fingerprint density at radius 1 is 1.18 bits per heavy atom. The second-order valence-electron chi connectivity index (χ2n) is 6.07. The van der Waals surface area contributed by atoms with Gasteiger partial charge in [-0.2, -0.15) is 5.10 Å². The van der Waals surface area contributed by atoms with E-state index < -0.39 is 11.9 Å². The van der Waals surface area contributed by atoms with Gasteiger partial charge in [-0.15, -0.1) is 0 Å². The summed E-state index contributed by atoms with van der Waals surface area (Å²) in [6, 6.07) is 13.6. The van der Waals surface area contributed by atoms with Crippen LogP contribution >= 0.6 is 12.2 Å². The monoisotopic (exact) mass is 399 g/mol. The standard InChI is InChI=1S/C19H18FN5O2S/c20-14-8-6-13(7-9-14)18-23-24-19(28)25(18)11-10-15(26)22-16(17(21)27)12-4-2-1-3-5-12/h1-9,16H,10-11H2,(H2,21,27)(H,22,26)(H,24,28)/t16-/m0/s1. The van der Waals surface area contributed by atoms with Crippen molar-refractivity contribution in [1.82, 2.24) is 20.1 Å². The number of carbonyl (C=O) groups excluding carboxylic acids is 2. The third kappa shape index (κ3) is 4.49. The first-order chi connectivity index (χ1) is 13.5. The topological polar surface area (TPSA) is 106 Å². The number of nitrogens with two attached hydrogens (primary N) is 1. The third-order valence-corrected chi connectivity index (χ3v) is 4.46. The molecule has 0 radical (unpaired) electrons. The SMILES string of the molecule is NC(=O)[C@@H](NC(=O)CCn1c(-c2ccc(F)cc2)n[nH]c1=S)c1ccccc1. The Hall–Kier alpha value is -3.33. The Bertz CT molecular complexity index is 1030. The molecule has 0 saturated carbocycles. The number of nitrogens with one attached hydrogen (secondary N) is 2. The highest BCUT2D eigenvalue weighted by Crippen LogP contribution is 2.18. The zero-order valence-corrected chi connectivity index (χ0v) is 15.6. The minimum atomic E-state index is -0.914. The summed E-state index contributed by atoms with van der Waals surface area (Å²) in [7, 11) is 0. The molecule has 0 aliphatic heterocycles. The number of benzene rings is 2. The summed E-state index contributed by atoms with van der Waals surface area (Å²) >= 11 is 5.22. The molecule has 0 aliphatic carbocycles. The van der Waals surface area contributed by atoms with Gasteiger partial charge in [0.1, 0.15) is 11.9 Å². The first-order valence-electron chi connectivity index (χ1n) is 8.50. The number of hydrogen-bond acceptors (Lipinski definition) is 4. The fourth-order valence-corrected chi connectivity index (χ4v) is 2.98. The molecule has 2 amide bonds. The predicted molar refractivity (Wildman–Crippen MR) is 104 cm³/mol. The van der Waals surface area contributed by atoms with Crippen molar-refractivity contribution in [3.63, 3.8) is 0 Å². The van der Waals surface area contributed by atoms with Crippen molar-refractivity contribution >= 4 is 24.0 Å². The number of halogens is 1. The maximum atomic E-state index is 13.1. The van der Waals surface area contributed by atoms with Crippen LogP contribution in [0.4, 0.5) is 4.39 Å². The number of nitrogens with zero attached hydrogens (tertiary/aromatic N) is 2. The summed E-state index contributed by atoms with van der Waals surface area (Å²) in [5.41, 5.74) is 6.69. The van der Waals surface area contributed by atoms with Crippen molar-refractivity contribution < 1.29 is 14.0 Å². The summed E-state index contributed by atoms with van der Waals surface area (Å²) in [6.07, 6.45) is 0.0542. The lowest BCUT2D eigenvalue weighted by atomic mass is 10.1. The quantitative estimate of drug-likeness (QED) is 0.531. The van der Waals surface area contributed by atoms with Crippen LogP contribution in [0.15, 0.2) is 54.6 Å². The Morgan fingerprint density at radius 3 is 2.50 bits per heavy atom. The Balaban J connectivity index is 1.71. The Kier molecular flexibility index (Phi) is 5.95. The number of rotatable bonds is 7. The highest BCUT2D eigenvalue weighted by molar-refractivity contribution is 7.71. The van der Waals surface area contributed by atoms with E-state index >= 15 is 0 Å². The number of primary amides is 1. The van der Waals surface area contributed by atoms with Crippen molar-refractivity contribution in [1.29, 1.82) is 0 Å². The van der Waals surface area contributed by atoms with Crippen LogP contribution < -0.4 is 11.1 Å². The molecule has 28 heavy (non-hydrogen) atoms.